The van der Waals surface area contributed by atoms with Gasteiger partial charge in [-0.05, 0) is 79.9 Å². The van der Waals surface area contributed by atoms with Gasteiger partial charge in [0.25, 0.3) is 0 Å². The van der Waals surface area contributed by atoms with Gasteiger partial charge in [0.15, 0.2) is 17.5 Å². The molecule has 0 saturated heterocycles. The molecule has 2 aliphatic rings. The predicted octanol–water partition coefficient (Wildman–Crippen LogP) is 9.03. The first-order valence-corrected chi connectivity index (χ1v) is 12.3. The van der Waals surface area contributed by atoms with Crippen molar-refractivity contribution < 1.29 is 31.1 Å². The first-order chi connectivity index (χ1) is 16.6. The molecule has 4 rings (SSSR count). The molecule has 2 saturated carbocycles. The number of rotatable bonds is 6. The second-order valence-electron chi connectivity index (χ2n) is 10.1. The first-order valence-electron chi connectivity index (χ1n) is 12.3. The maximum absolute atomic E-state index is 14.7. The van der Waals surface area contributed by atoms with Crippen molar-refractivity contribution in [2.45, 2.75) is 70.3 Å². The van der Waals surface area contributed by atoms with Crippen molar-refractivity contribution in [3.63, 3.8) is 0 Å². The minimum absolute atomic E-state index is 0.0774. The van der Waals surface area contributed by atoms with E-state index in [1.165, 1.54) is 31.7 Å². The van der Waals surface area contributed by atoms with Crippen molar-refractivity contribution in [1.29, 1.82) is 0 Å². The normalized spacial score (nSPS) is 25.7. The number of halogens is 6. The Morgan fingerprint density at radius 1 is 0.743 bits per heavy atom. The van der Waals surface area contributed by atoms with Gasteiger partial charge in [0.05, 0.1) is 5.56 Å². The minimum Gasteiger partial charge on any atom is -0.429 e. The lowest BCUT2D eigenvalue weighted by atomic mass is 9.77. The summed E-state index contributed by atoms with van der Waals surface area (Å²) in [6.45, 7) is 2.30. The summed E-state index contributed by atoms with van der Waals surface area (Å²) in [5.41, 5.74) is -0.408. The summed E-state index contributed by atoms with van der Waals surface area (Å²) in [7, 11) is 0. The quantitative estimate of drug-likeness (QED) is 0.220. The van der Waals surface area contributed by atoms with E-state index in [1.54, 1.807) is 0 Å². The van der Waals surface area contributed by atoms with Crippen LogP contribution < -0.4 is 4.74 Å². The molecule has 2 fully saturated rings. The van der Waals surface area contributed by atoms with E-state index in [0.29, 0.717) is 29.5 Å². The van der Waals surface area contributed by atoms with Gasteiger partial charge in [-0.2, -0.15) is 8.78 Å². The molecule has 190 valence electrons. The van der Waals surface area contributed by atoms with Crippen molar-refractivity contribution in [2.24, 2.45) is 17.8 Å². The van der Waals surface area contributed by atoms with Crippen LogP contribution in [0.2, 0.25) is 0 Å². The van der Waals surface area contributed by atoms with Crippen molar-refractivity contribution in [3.8, 4) is 5.75 Å². The van der Waals surface area contributed by atoms with Gasteiger partial charge in [-0.1, -0.05) is 38.0 Å². The zero-order valence-corrected chi connectivity index (χ0v) is 19.7. The predicted molar refractivity (Wildman–Crippen MR) is 122 cm³/mol. The van der Waals surface area contributed by atoms with E-state index in [1.807, 2.05) is 0 Å². The number of hydrogen-bond donors (Lipinski definition) is 0. The van der Waals surface area contributed by atoms with Gasteiger partial charge in [0, 0.05) is 12.1 Å². The average molecular weight is 497 g/mol. The lowest BCUT2D eigenvalue weighted by Crippen LogP contribution is -2.24. The highest BCUT2D eigenvalue weighted by Gasteiger charge is 2.38. The van der Waals surface area contributed by atoms with Gasteiger partial charge in [-0.3, -0.25) is 0 Å². The molecule has 0 N–H and O–H groups in total. The van der Waals surface area contributed by atoms with E-state index in [0.717, 1.165) is 43.7 Å². The molecule has 7 heteroatoms. The minimum atomic E-state index is -4.20. The van der Waals surface area contributed by atoms with Crippen molar-refractivity contribution in [2.75, 3.05) is 0 Å². The number of hydrogen-bond acceptors (Lipinski definition) is 1. The highest BCUT2D eigenvalue weighted by Crippen LogP contribution is 2.40. The standard InChI is InChI=1S/C28H30F6O/c1-17-2-4-18(5-3-17)6-7-19-8-10-20(11-9-19)21-12-13-23(24(29)14-21)28(33,34)35-22-15-25(30)27(32)26(31)16-22/h6-7,12-20H,2-5,8-11H2,1H3/b7-6+. The SMILES string of the molecule is CC1CCC(/C=C/C2CCC(c3ccc(C(F)(F)Oc4cc(F)c(F)c(F)c4)c(F)c3)CC2)CC1. The highest BCUT2D eigenvalue weighted by molar-refractivity contribution is 5.31. The molecule has 0 heterocycles. The van der Waals surface area contributed by atoms with E-state index >= 15 is 0 Å². The smallest absolute Gasteiger partial charge is 0.429 e. The molecule has 0 aromatic heterocycles. The van der Waals surface area contributed by atoms with Crippen LogP contribution in [0.25, 0.3) is 0 Å². The van der Waals surface area contributed by atoms with E-state index in [9.17, 15) is 26.3 Å². The summed E-state index contributed by atoms with van der Waals surface area (Å²) in [6, 6.07) is 4.06. The molecule has 35 heavy (non-hydrogen) atoms. The molecule has 0 radical (unpaired) electrons. The monoisotopic (exact) mass is 496 g/mol. The van der Waals surface area contributed by atoms with Crippen molar-refractivity contribution in [3.05, 3.63) is 76.9 Å². The zero-order valence-electron chi connectivity index (χ0n) is 19.7. The lowest BCUT2D eigenvalue weighted by Gasteiger charge is -2.28. The molecule has 2 aliphatic carbocycles. The van der Waals surface area contributed by atoms with Crippen LogP contribution in [-0.4, -0.2) is 0 Å². The van der Waals surface area contributed by atoms with Crippen LogP contribution in [0.3, 0.4) is 0 Å². The maximum Gasteiger partial charge on any atom is 0.429 e. The zero-order chi connectivity index (χ0) is 25.2. The third-order valence-electron chi connectivity index (χ3n) is 7.47. The van der Waals surface area contributed by atoms with Gasteiger partial charge in [0.1, 0.15) is 11.6 Å². The van der Waals surface area contributed by atoms with Crippen molar-refractivity contribution >= 4 is 0 Å². The average Bonchev–Trinajstić information content (AvgIpc) is 2.82. The van der Waals surface area contributed by atoms with Crippen LogP contribution in [-0.2, 0) is 6.11 Å². The van der Waals surface area contributed by atoms with E-state index < -0.39 is 40.7 Å². The van der Waals surface area contributed by atoms with Crippen LogP contribution in [0, 0.1) is 41.0 Å². The van der Waals surface area contributed by atoms with Crippen LogP contribution in [0.4, 0.5) is 26.3 Å². The van der Waals surface area contributed by atoms with Gasteiger partial charge in [-0.15, -0.1) is 0 Å². The van der Waals surface area contributed by atoms with Gasteiger partial charge in [-0.25, -0.2) is 17.6 Å². The Kier molecular flexibility index (Phi) is 7.82. The topological polar surface area (TPSA) is 9.23 Å². The fraction of sp³-hybridized carbons (Fsp3) is 0.500. The molecule has 0 aliphatic heterocycles. The Balaban J connectivity index is 1.36. The number of allylic oxidation sites excluding steroid dienone is 2. The molecule has 0 unspecified atom stereocenters. The summed E-state index contributed by atoms with van der Waals surface area (Å²) in [5.74, 6) is -5.20. The van der Waals surface area contributed by atoms with Crippen LogP contribution in [0.5, 0.6) is 5.75 Å². The fourth-order valence-corrected chi connectivity index (χ4v) is 5.25. The Labute approximate surface area is 202 Å². The Bertz CT molecular complexity index is 1030. The molecule has 2 aromatic carbocycles. The summed E-state index contributed by atoms with van der Waals surface area (Å²) < 4.78 is 87.8. The number of alkyl halides is 2. The van der Waals surface area contributed by atoms with E-state index in [-0.39, 0.29) is 5.92 Å². The fourth-order valence-electron chi connectivity index (χ4n) is 5.25. The highest BCUT2D eigenvalue weighted by atomic mass is 19.3. The molecule has 2 aromatic rings. The van der Waals surface area contributed by atoms with Crippen LogP contribution in [0.1, 0.15) is 75.3 Å². The molecule has 0 spiro atoms. The van der Waals surface area contributed by atoms with E-state index in [4.69, 9.17) is 0 Å². The molecular formula is C28H30F6O. The second kappa shape index (κ2) is 10.7. The molecule has 0 amide bonds. The molecule has 1 nitrogen and oxygen atoms in total. The summed E-state index contributed by atoms with van der Waals surface area (Å²) >= 11 is 0. The van der Waals surface area contributed by atoms with Crippen LogP contribution in [0.15, 0.2) is 42.5 Å². The number of ether oxygens (including phenoxy) is 1. The Morgan fingerprint density at radius 3 is 1.83 bits per heavy atom. The maximum atomic E-state index is 14.7. The van der Waals surface area contributed by atoms with Gasteiger partial charge in [0.2, 0.25) is 0 Å². The molecular weight excluding hydrogens is 466 g/mol. The third-order valence-corrected chi connectivity index (χ3v) is 7.47. The Morgan fingerprint density at radius 2 is 1.29 bits per heavy atom. The largest absolute Gasteiger partial charge is 0.429 e. The lowest BCUT2D eigenvalue weighted by molar-refractivity contribution is -0.187. The molecule has 0 bridgehead atoms. The third kappa shape index (κ3) is 6.22. The summed E-state index contributed by atoms with van der Waals surface area (Å²) in [4.78, 5) is 0. The van der Waals surface area contributed by atoms with Crippen molar-refractivity contribution in [1.82, 2.24) is 0 Å². The van der Waals surface area contributed by atoms with Crippen LogP contribution >= 0.6 is 0 Å². The molecule has 0 atom stereocenters. The Hall–Kier alpha value is -2.44. The van der Waals surface area contributed by atoms with E-state index in [2.05, 4.69) is 23.8 Å². The summed E-state index contributed by atoms with van der Waals surface area (Å²) in [5, 5.41) is 0. The summed E-state index contributed by atoms with van der Waals surface area (Å²) in [6.07, 6.45) is 9.19. The first kappa shape index (κ1) is 25.6. The number of benzene rings is 2. The second-order valence-corrected chi connectivity index (χ2v) is 10.1. The van der Waals surface area contributed by atoms with Gasteiger partial charge >= 0.3 is 6.11 Å². The van der Waals surface area contributed by atoms with Gasteiger partial charge < -0.3 is 4.74 Å².